The first-order valence-corrected chi connectivity index (χ1v) is 8.58. The second-order valence-electron chi connectivity index (χ2n) is 5.46. The highest BCUT2D eigenvalue weighted by Crippen LogP contribution is 2.14. The van der Waals surface area contributed by atoms with E-state index in [1.54, 1.807) is 0 Å². The van der Waals surface area contributed by atoms with Gasteiger partial charge in [0.05, 0.1) is 0 Å². The molecule has 1 unspecified atom stereocenters. The van der Waals surface area contributed by atoms with Crippen LogP contribution in [0.5, 0.6) is 0 Å². The Balaban J connectivity index is 2.11. The highest BCUT2D eigenvalue weighted by molar-refractivity contribution is 7.98. The van der Waals surface area contributed by atoms with Crippen LogP contribution < -0.4 is 5.32 Å². The van der Waals surface area contributed by atoms with Crippen LogP contribution in [0.2, 0.25) is 0 Å². The third-order valence-electron chi connectivity index (χ3n) is 3.71. The fourth-order valence-corrected chi connectivity index (χ4v) is 3.11. The molecule has 102 valence electrons. The van der Waals surface area contributed by atoms with E-state index >= 15 is 0 Å². The lowest BCUT2D eigenvalue weighted by Gasteiger charge is -2.38. The zero-order valence-corrected chi connectivity index (χ0v) is 12.7. The molecule has 0 spiro atoms. The summed E-state index contributed by atoms with van der Waals surface area (Å²) in [7, 11) is 0. The van der Waals surface area contributed by atoms with Crippen LogP contribution in [0.3, 0.4) is 0 Å². The fraction of sp³-hybridized carbons (Fsp3) is 1.00. The highest BCUT2D eigenvalue weighted by atomic mass is 32.2. The van der Waals surface area contributed by atoms with E-state index in [4.69, 9.17) is 0 Å². The maximum absolute atomic E-state index is 3.52. The lowest BCUT2D eigenvalue weighted by atomic mass is 10.00. The Morgan fingerprint density at radius 3 is 2.71 bits per heavy atom. The molecular weight excluding hydrogens is 228 g/mol. The van der Waals surface area contributed by atoms with Crippen LogP contribution in [-0.4, -0.2) is 49.1 Å². The minimum Gasteiger partial charge on any atom is -0.314 e. The summed E-state index contributed by atoms with van der Waals surface area (Å²) in [4.78, 5) is 2.70. The lowest BCUT2D eigenvalue weighted by Crippen LogP contribution is -2.53. The van der Waals surface area contributed by atoms with Crippen molar-refractivity contribution >= 4 is 11.8 Å². The van der Waals surface area contributed by atoms with Crippen LogP contribution in [0, 0.1) is 5.92 Å². The maximum atomic E-state index is 3.52. The van der Waals surface area contributed by atoms with Crippen molar-refractivity contribution in [1.82, 2.24) is 10.2 Å². The van der Waals surface area contributed by atoms with Crippen LogP contribution >= 0.6 is 11.8 Å². The van der Waals surface area contributed by atoms with Gasteiger partial charge in [0.1, 0.15) is 0 Å². The first kappa shape index (κ1) is 15.3. The molecule has 0 amide bonds. The minimum atomic E-state index is 0.759. The normalized spacial score (nSPS) is 22.2. The molecule has 0 saturated carbocycles. The van der Waals surface area contributed by atoms with E-state index in [2.05, 4.69) is 30.3 Å². The van der Waals surface area contributed by atoms with Crippen molar-refractivity contribution in [3.63, 3.8) is 0 Å². The average molecular weight is 258 g/mol. The van der Waals surface area contributed by atoms with Crippen LogP contribution in [0.1, 0.15) is 39.5 Å². The van der Waals surface area contributed by atoms with Crippen molar-refractivity contribution in [2.24, 2.45) is 5.92 Å². The molecule has 0 aromatic carbocycles. The van der Waals surface area contributed by atoms with Crippen LogP contribution in [0.15, 0.2) is 0 Å². The summed E-state index contributed by atoms with van der Waals surface area (Å²) in [6, 6.07) is 0.759. The largest absolute Gasteiger partial charge is 0.314 e. The zero-order chi connectivity index (χ0) is 12.5. The summed E-state index contributed by atoms with van der Waals surface area (Å²) >= 11 is 1.97. The number of rotatable bonds is 8. The standard InChI is InChI=1S/C14H30N2S/c1-13(2)14-12-15-8-10-16(14)9-6-4-5-7-11-17-3/h13-15H,4-12H2,1-3H3. The average Bonchev–Trinajstić information content (AvgIpc) is 2.34. The molecular formula is C14H30N2S. The van der Waals surface area contributed by atoms with Gasteiger partial charge in [-0.3, -0.25) is 4.90 Å². The second-order valence-corrected chi connectivity index (χ2v) is 6.44. The monoisotopic (exact) mass is 258 g/mol. The molecule has 0 radical (unpaired) electrons. The summed E-state index contributed by atoms with van der Waals surface area (Å²) in [6.45, 7) is 9.61. The van der Waals surface area contributed by atoms with E-state index in [1.165, 1.54) is 57.6 Å². The highest BCUT2D eigenvalue weighted by Gasteiger charge is 2.23. The SMILES string of the molecule is CSCCCCCCN1CCNCC1C(C)C. The maximum Gasteiger partial charge on any atom is 0.0244 e. The second kappa shape index (κ2) is 9.23. The van der Waals surface area contributed by atoms with Crippen molar-refractivity contribution in [2.75, 3.05) is 38.2 Å². The number of hydrogen-bond acceptors (Lipinski definition) is 3. The van der Waals surface area contributed by atoms with Crippen LogP contribution in [-0.2, 0) is 0 Å². The van der Waals surface area contributed by atoms with Crippen molar-refractivity contribution in [1.29, 1.82) is 0 Å². The van der Waals surface area contributed by atoms with Gasteiger partial charge in [0.2, 0.25) is 0 Å². The molecule has 1 aliphatic heterocycles. The van der Waals surface area contributed by atoms with Crippen molar-refractivity contribution in [2.45, 2.75) is 45.6 Å². The molecule has 0 aromatic rings. The quantitative estimate of drug-likeness (QED) is 0.674. The predicted molar refractivity (Wildman–Crippen MR) is 79.9 cm³/mol. The summed E-state index contributed by atoms with van der Waals surface area (Å²) in [6.07, 6.45) is 7.82. The van der Waals surface area contributed by atoms with Crippen LogP contribution in [0.25, 0.3) is 0 Å². The van der Waals surface area contributed by atoms with Crippen molar-refractivity contribution in [3.8, 4) is 0 Å². The Morgan fingerprint density at radius 1 is 1.24 bits per heavy atom. The van der Waals surface area contributed by atoms with Crippen LogP contribution in [0.4, 0.5) is 0 Å². The molecule has 1 N–H and O–H groups in total. The number of unbranched alkanes of at least 4 members (excludes halogenated alkanes) is 3. The van der Waals surface area contributed by atoms with Gasteiger partial charge in [-0.25, -0.2) is 0 Å². The predicted octanol–water partition coefficient (Wildman–Crippen LogP) is 2.84. The number of nitrogens with zero attached hydrogens (tertiary/aromatic N) is 1. The topological polar surface area (TPSA) is 15.3 Å². The summed E-state index contributed by atoms with van der Waals surface area (Å²) in [5, 5.41) is 3.52. The van der Waals surface area contributed by atoms with E-state index in [-0.39, 0.29) is 0 Å². The molecule has 1 saturated heterocycles. The molecule has 1 rings (SSSR count). The van der Waals surface area contributed by atoms with Gasteiger partial charge in [-0.1, -0.05) is 26.7 Å². The van der Waals surface area contributed by atoms with Crippen molar-refractivity contribution in [3.05, 3.63) is 0 Å². The Labute approximate surface area is 112 Å². The van der Waals surface area contributed by atoms with Gasteiger partial charge in [0.15, 0.2) is 0 Å². The lowest BCUT2D eigenvalue weighted by molar-refractivity contribution is 0.122. The Kier molecular flexibility index (Phi) is 8.33. The molecule has 0 bridgehead atoms. The Hall–Kier alpha value is 0.270. The molecule has 1 aliphatic rings. The molecule has 1 fully saturated rings. The third-order valence-corrected chi connectivity index (χ3v) is 4.41. The van der Waals surface area contributed by atoms with Gasteiger partial charge in [-0.05, 0) is 37.3 Å². The van der Waals surface area contributed by atoms with Crippen molar-refractivity contribution < 1.29 is 0 Å². The van der Waals surface area contributed by atoms with Gasteiger partial charge in [0, 0.05) is 25.7 Å². The molecule has 3 heteroatoms. The summed E-state index contributed by atoms with van der Waals surface area (Å²) in [5.74, 6) is 2.11. The first-order valence-electron chi connectivity index (χ1n) is 7.19. The van der Waals surface area contributed by atoms with E-state index in [0.29, 0.717) is 0 Å². The molecule has 0 aromatic heterocycles. The number of piperazine rings is 1. The molecule has 1 heterocycles. The van der Waals surface area contributed by atoms with E-state index in [1.807, 2.05) is 11.8 Å². The number of thioether (sulfide) groups is 1. The number of hydrogen-bond donors (Lipinski definition) is 1. The summed E-state index contributed by atoms with van der Waals surface area (Å²) < 4.78 is 0. The molecule has 1 atom stereocenters. The summed E-state index contributed by atoms with van der Waals surface area (Å²) in [5.41, 5.74) is 0. The van der Waals surface area contributed by atoms with Gasteiger partial charge < -0.3 is 5.32 Å². The Morgan fingerprint density at radius 2 is 2.00 bits per heavy atom. The van der Waals surface area contributed by atoms with E-state index in [9.17, 15) is 0 Å². The van der Waals surface area contributed by atoms with Gasteiger partial charge in [-0.15, -0.1) is 0 Å². The molecule has 17 heavy (non-hydrogen) atoms. The third kappa shape index (κ3) is 6.12. The molecule has 2 nitrogen and oxygen atoms in total. The smallest absolute Gasteiger partial charge is 0.0244 e. The first-order chi connectivity index (χ1) is 8.25. The number of nitrogens with one attached hydrogen (secondary N) is 1. The fourth-order valence-electron chi connectivity index (χ4n) is 2.62. The van der Waals surface area contributed by atoms with Gasteiger partial charge in [0.25, 0.3) is 0 Å². The minimum absolute atomic E-state index is 0.759. The zero-order valence-electron chi connectivity index (χ0n) is 11.9. The van der Waals surface area contributed by atoms with Gasteiger partial charge in [-0.2, -0.15) is 11.8 Å². The molecule has 0 aliphatic carbocycles. The van der Waals surface area contributed by atoms with Gasteiger partial charge >= 0.3 is 0 Å². The van der Waals surface area contributed by atoms with E-state index < -0.39 is 0 Å². The Bertz CT molecular complexity index is 185. The van der Waals surface area contributed by atoms with E-state index in [0.717, 1.165) is 12.0 Å².